The molecule has 4 atom stereocenters. The molecule has 4 heteroatoms. The molecule has 2 heterocycles. The van der Waals surface area contributed by atoms with Crippen LogP contribution in [0.3, 0.4) is 0 Å². The maximum atomic E-state index is 12.7. The lowest BCUT2D eigenvalue weighted by Crippen LogP contribution is -2.61. The predicted octanol–water partition coefficient (Wildman–Crippen LogP) is 3.96. The zero-order valence-corrected chi connectivity index (χ0v) is 16.3. The molecule has 28 heavy (non-hydrogen) atoms. The van der Waals surface area contributed by atoms with E-state index in [4.69, 9.17) is 9.47 Å². The second-order valence-electron chi connectivity index (χ2n) is 7.78. The zero-order valence-electron chi connectivity index (χ0n) is 16.3. The maximum absolute atomic E-state index is 12.7. The van der Waals surface area contributed by atoms with Crippen LogP contribution in [0.1, 0.15) is 24.5 Å². The average Bonchev–Trinajstić information content (AvgIpc) is 3.01. The van der Waals surface area contributed by atoms with E-state index in [1.54, 1.807) is 0 Å². The average molecular weight is 377 g/mol. The first-order chi connectivity index (χ1) is 13.6. The molecule has 2 aromatic carbocycles. The van der Waals surface area contributed by atoms with Crippen molar-refractivity contribution in [1.29, 1.82) is 0 Å². The highest BCUT2D eigenvalue weighted by Gasteiger charge is 2.58. The van der Waals surface area contributed by atoms with Gasteiger partial charge >= 0.3 is 0 Å². The van der Waals surface area contributed by atoms with Crippen molar-refractivity contribution in [3.63, 3.8) is 0 Å². The first-order valence-electron chi connectivity index (χ1n) is 9.90. The van der Waals surface area contributed by atoms with Crippen molar-refractivity contribution in [3.05, 3.63) is 83.9 Å². The highest BCUT2D eigenvalue weighted by molar-refractivity contribution is 5.89. The van der Waals surface area contributed by atoms with Crippen LogP contribution < -0.4 is 0 Å². The van der Waals surface area contributed by atoms with Crippen LogP contribution in [0.15, 0.2) is 72.8 Å². The van der Waals surface area contributed by atoms with Gasteiger partial charge in [0, 0.05) is 0 Å². The van der Waals surface area contributed by atoms with Gasteiger partial charge in [0.2, 0.25) is 5.91 Å². The number of nitrogens with zero attached hydrogens (tertiary/aromatic N) is 1. The van der Waals surface area contributed by atoms with Gasteiger partial charge in [0.05, 0.1) is 43.9 Å². The highest BCUT2D eigenvalue weighted by Crippen LogP contribution is 2.43. The normalized spacial score (nSPS) is 26.0. The van der Waals surface area contributed by atoms with Crippen LogP contribution in [0.2, 0.25) is 0 Å². The number of carbonyl (C=O) groups excluding carboxylic acids is 1. The molecule has 0 aliphatic carbocycles. The molecule has 146 valence electrons. The molecule has 2 aliphatic heterocycles. The second kappa shape index (κ2) is 8.29. The first-order valence-corrected chi connectivity index (χ1v) is 9.90. The van der Waals surface area contributed by atoms with Gasteiger partial charge < -0.3 is 14.4 Å². The fourth-order valence-electron chi connectivity index (χ4n) is 4.36. The third-order valence-corrected chi connectivity index (χ3v) is 5.76. The smallest absolute Gasteiger partial charge is 0.232 e. The van der Waals surface area contributed by atoms with Gasteiger partial charge in [-0.2, -0.15) is 0 Å². The van der Waals surface area contributed by atoms with Crippen molar-refractivity contribution < 1.29 is 14.3 Å². The summed E-state index contributed by atoms with van der Waals surface area (Å²) in [5, 5.41) is 0. The fraction of sp³-hybridized carbons (Fsp3) is 0.375. The van der Waals surface area contributed by atoms with E-state index in [2.05, 4.69) is 18.7 Å². The van der Waals surface area contributed by atoms with Crippen molar-refractivity contribution in [2.75, 3.05) is 6.61 Å². The Hall–Kier alpha value is -2.43. The summed E-state index contributed by atoms with van der Waals surface area (Å²) in [4.78, 5) is 14.7. The summed E-state index contributed by atoms with van der Waals surface area (Å²) < 4.78 is 12.2. The largest absolute Gasteiger partial charge is 0.375 e. The molecule has 0 radical (unpaired) electrons. The number of fused-ring (bicyclic) bond motifs is 1. The van der Waals surface area contributed by atoms with Gasteiger partial charge in [-0.3, -0.25) is 4.79 Å². The predicted molar refractivity (Wildman–Crippen MR) is 108 cm³/mol. The number of amides is 1. The van der Waals surface area contributed by atoms with Gasteiger partial charge in [0.15, 0.2) is 0 Å². The Morgan fingerprint density at radius 2 is 1.64 bits per heavy atom. The van der Waals surface area contributed by atoms with Crippen LogP contribution in [0.25, 0.3) is 0 Å². The molecular weight excluding hydrogens is 350 g/mol. The lowest BCUT2D eigenvalue weighted by molar-refractivity contribution is -0.156. The van der Waals surface area contributed by atoms with Crippen molar-refractivity contribution in [3.8, 4) is 0 Å². The molecule has 2 fully saturated rings. The number of benzene rings is 2. The summed E-state index contributed by atoms with van der Waals surface area (Å²) in [7, 11) is 0. The summed E-state index contributed by atoms with van der Waals surface area (Å²) in [6, 6.07) is 20.4. The first kappa shape index (κ1) is 18.9. The summed E-state index contributed by atoms with van der Waals surface area (Å²) in [6.07, 6.45) is 0.824. The number of β-lactam (4-membered cyclic amide) rings is 1. The minimum Gasteiger partial charge on any atom is -0.375 e. The van der Waals surface area contributed by atoms with E-state index in [0.29, 0.717) is 19.8 Å². The number of rotatable bonds is 8. The molecule has 0 N–H and O–H groups in total. The zero-order chi connectivity index (χ0) is 19.5. The summed E-state index contributed by atoms with van der Waals surface area (Å²) in [5.41, 5.74) is 3.22. The molecule has 2 saturated heterocycles. The van der Waals surface area contributed by atoms with Crippen LogP contribution >= 0.6 is 0 Å². The van der Waals surface area contributed by atoms with Gasteiger partial charge in [-0.25, -0.2) is 0 Å². The highest BCUT2D eigenvalue weighted by atomic mass is 16.5. The minimum absolute atomic E-state index is 0.0192. The van der Waals surface area contributed by atoms with Crippen LogP contribution in [0, 0.1) is 5.92 Å². The van der Waals surface area contributed by atoms with Crippen LogP contribution in [0.5, 0.6) is 0 Å². The summed E-state index contributed by atoms with van der Waals surface area (Å²) >= 11 is 0. The molecule has 0 saturated carbocycles. The van der Waals surface area contributed by atoms with Crippen molar-refractivity contribution in [2.45, 2.75) is 44.7 Å². The number of hydrogen-bond acceptors (Lipinski definition) is 3. The Morgan fingerprint density at radius 1 is 1.04 bits per heavy atom. The lowest BCUT2D eigenvalue weighted by atomic mass is 9.83. The quantitative estimate of drug-likeness (QED) is 0.516. The lowest BCUT2D eigenvalue weighted by Gasteiger charge is -2.45. The number of ether oxygens (including phenoxy) is 2. The molecule has 4 rings (SSSR count). The molecule has 2 aliphatic rings. The van der Waals surface area contributed by atoms with Gasteiger partial charge in [-0.15, -0.1) is 0 Å². The summed E-state index contributed by atoms with van der Waals surface area (Å²) in [6.45, 7) is 7.53. The Bertz CT molecular complexity index is 820. The van der Waals surface area contributed by atoms with Gasteiger partial charge in [-0.05, 0) is 24.5 Å². The van der Waals surface area contributed by atoms with E-state index >= 15 is 0 Å². The number of hydrogen-bond donors (Lipinski definition) is 0. The second-order valence-corrected chi connectivity index (χ2v) is 7.78. The van der Waals surface area contributed by atoms with Gasteiger partial charge in [0.1, 0.15) is 0 Å². The molecule has 1 amide bonds. The van der Waals surface area contributed by atoms with E-state index in [9.17, 15) is 4.79 Å². The van der Waals surface area contributed by atoms with Gasteiger partial charge in [0.25, 0.3) is 0 Å². The molecule has 0 bridgehead atoms. The Kier molecular flexibility index (Phi) is 5.60. The monoisotopic (exact) mass is 377 g/mol. The van der Waals surface area contributed by atoms with E-state index in [1.807, 2.05) is 60.4 Å². The van der Waals surface area contributed by atoms with Gasteiger partial charge in [-0.1, -0.05) is 72.8 Å². The Labute approximate surface area is 166 Å². The van der Waals surface area contributed by atoms with Crippen LogP contribution in [-0.4, -0.2) is 35.6 Å². The van der Waals surface area contributed by atoms with Crippen molar-refractivity contribution in [1.82, 2.24) is 4.90 Å². The number of carbonyl (C=O) groups is 1. The van der Waals surface area contributed by atoms with Crippen LogP contribution in [-0.2, 0) is 27.5 Å². The van der Waals surface area contributed by atoms with Crippen LogP contribution in [0.4, 0.5) is 0 Å². The Morgan fingerprint density at radius 3 is 2.25 bits per heavy atom. The fourth-order valence-corrected chi connectivity index (χ4v) is 4.36. The SMILES string of the molecule is C=C(C)C1C(=O)N2C(COCc3ccccc3)C(OCc3ccccc3)CC12. The van der Waals surface area contributed by atoms with E-state index in [-0.39, 0.29) is 30.0 Å². The molecule has 0 aromatic heterocycles. The molecular formula is C24H27NO3. The van der Waals surface area contributed by atoms with Crippen molar-refractivity contribution in [2.24, 2.45) is 5.92 Å². The summed E-state index contributed by atoms with van der Waals surface area (Å²) in [5.74, 6) is 0.0959. The Balaban J connectivity index is 1.41. The third kappa shape index (κ3) is 3.75. The molecule has 4 nitrogen and oxygen atoms in total. The minimum atomic E-state index is -0.0676. The maximum Gasteiger partial charge on any atom is 0.232 e. The van der Waals surface area contributed by atoms with E-state index < -0.39 is 0 Å². The molecule has 0 spiro atoms. The molecule has 4 unspecified atom stereocenters. The van der Waals surface area contributed by atoms with E-state index in [0.717, 1.165) is 23.1 Å². The molecule has 2 aromatic rings. The van der Waals surface area contributed by atoms with Crippen molar-refractivity contribution >= 4 is 5.91 Å². The topological polar surface area (TPSA) is 38.8 Å². The van der Waals surface area contributed by atoms with E-state index in [1.165, 1.54) is 0 Å². The third-order valence-electron chi connectivity index (χ3n) is 5.76. The standard InChI is InChI=1S/C24H27NO3/c1-17(2)23-20-13-22(28-15-19-11-7-4-8-12-19)21(25(20)24(23)26)16-27-14-18-9-5-3-6-10-18/h3-12,20-23H,1,13-16H2,2H3.